The van der Waals surface area contributed by atoms with Gasteiger partial charge < -0.3 is 10.2 Å². The molecule has 1 heterocycles. The van der Waals surface area contributed by atoms with Crippen LogP contribution < -0.4 is 0 Å². The number of aliphatic carboxylic acids is 1. The molecule has 42 heavy (non-hydrogen) atoms. The van der Waals surface area contributed by atoms with E-state index >= 15 is 0 Å². The second-order valence-electron chi connectivity index (χ2n) is 11.3. The molecule has 5 heteroatoms. The van der Waals surface area contributed by atoms with E-state index in [0.29, 0.717) is 10.9 Å². The fraction of sp³-hybridized carbons (Fsp3) is 0.351. The number of benzene rings is 3. The molecular formula is C37H42ClNO3. The van der Waals surface area contributed by atoms with Gasteiger partial charge in [-0.25, -0.2) is 4.98 Å². The van der Waals surface area contributed by atoms with Gasteiger partial charge in [-0.05, 0) is 103 Å². The smallest absolute Gasteiger partial charge is 0.303 e. The van der Waals surface area contributed by atoms with Gasteiger partial charge in [-0.15, -0.1) is 0 Å². The van der Waals surface area contributed by atoms with E-state index in [9.17, 15) is 15.0 Å². The molecule has 0 saturated heterocycles. The third-order valence-corrected chi connectivity index (χ3v) is 8.51. The van der Waals surface area contributed by atoms with Gasteiger partial charge in [0.1, 0.15) is 0 Å². The van der Waals surface area contributed by atoms with Crippen LogP contribution in [0.1, 0.15) is 99.3 Å². The Bertz CT molecular complexity index is 1520. The van der Waals surface area contributed by atoms with Gasteiger partial charge in [-0.1, -0.05) is 92.2 Å². The Balaban J connectivity index is 0.00000198. The second kappa shape index (κ2) is 14.6. The van der Waals surface area contributed by atoms with Crippen LogP contribution in [0.25, 0.3) is 23.1 Å². The first-order valence-electron chi connectivity index (χ1n) is 15.1. The summed E-state index contributed by atoms with van der Waals surface area (Å²) in [5.41, 5.74) is 6.23. The van der Waals surface area contributed by atoms with Crippen LogP contribution in [0, 0.1) is 5.41 Å². The zero-order valence-electron chi connectivity index (χ0n) is 24.9. The quantitative estimate of drug-likeness (QED) is 0.174. The van der Waals surface area contributed by atoms with Gasteiger partial charge in [-0.3, -0.25) is 4.79 Å². The Labute approximate surface area is 255 Å². The lowest BCUT2D eigenvalue weighted by atomic mass is 9.83. The lowest BCUT2D eigenvalue weighted by Gasteiger charge is -2.22. The highest BCUT2D eigenvalue weighted by molar-refractivity contribution is 6.31. The van der Waals surface area contributed by atoms with Crippen molar-refractivity contribution in [3.8, 4) is 0 Å². The molecule has 0 amide bonds. The molecule has 0 radical (unpaired) electrons. The highest BCUT2D eigenvalue weighted by atomic mass is 35.5. The first-order chi connectivity index (χ1) is 20.3. The molecule has 1 fully saturated rings. The third kappa shape index (κ3) is 8.53. The third-order valence-electron chi connectivity index (χ3n) is 8.28. The number of aromatic nitrogens is 1. The van der Waals surface area contributed by atoms with Crippen LogP contribution in [0.3, 0.4) is 0 Å². The van der Waals surface area contributed by atoms with E-state index < -0.39 is 12.1 Å². The van der Waals surface area contributed by atoms with E-state index in [4.69, 9.17) is 16.6 Å². The number of hydrogen-bond donors (Lipinski definition) is 2. The number of carboxylic acids is 1. The summed E-state index contributed by atoms with van der Waals surface area (Å²) in [4.78, 5) is 16.2. The van der Waals surface area contributed by atoms with Gasteiger partial charge in [-0.2, -0.15) is 0 Å². The van der Waals surface area contributed by atoms with Crippen LogP contribution in [0.5, 0.6) is 0 Å². The molecule has 1 unspecified atom stereocenters. The lowest BCUT2D eigenvalue weighted by Crippen LogP contribution is -2.11. The molecule has 2 atom stereocenters. The molecule has 0 aliphatic heterocycles. The number of nitrogens with zero attached hydrogens (tertiary/aromatic N) is 1. The molecule has 1 aliphatic rings. The molecule has 0 spiro atoms. The van der Waals surface area contributed by atoms with Crippen molar-refractivity contribution in [2.45, 2.75) is 77.7 Å². The molecule has 5 rings (SSSR count). The number of fused-ring (bicyclic) bond motifs is 1. The Kier molecular flexibility index (Phi) is 11.0. The predicted molar refractivity (Wildman–Crippen MR) is 175 cm³/mol. The molecule has 4 aromatic rings. The van der Waals surface area contributed by atoms with Crippen molar-refractivity contribution < 1.29 is 15.0 Å². The fourth-order valence-corrected chi connectivity index (χ4v) is 5.93. The number of aliphatic hydroxyl groups excluding tert-OH is 1. The maximum atomic E-state index is 11.5. The average molecular weight is 584 g/mol. The number of aliphatic hydroxyl groups is 1. The Hall–Kier alpha value is -3.47. The first-order valence-corrected chi connectivity index (χ1v) is 15.5. The summed E-state index contributed by atoms with van der Waals surface area (Å²) in [6.45, 7) is 5.81. The molecular weight excluding hydrogens is 542 g/mol. The molecule has 220 valence electrons. The van der Waals surface area contributed by atoms with E-state index in [-0.39, 0.29) is 11.8 Å². The summed E-state index contributed by atoms with van der Waals surface area (Å²) in [5.74, 6) is -0.403. The van der Waals surface area contributed by atoms with E-state index in [1.165, 1.54) is 11.1 Å². The molecule has 4 nitrogen and oxygen atoms in total. The minimum Gasteiger partial charge on any atom is -0.481 e. The summed E-state index contributed by atoms with van der Waals surface area (Å²) in [6, 6.07) is 26.5. The Morgan fingerprint density at radius 3 is 2.48 bits per heavy atom. The average Bonchev–Trinajstić information content (AvgIpc) is 3.75. The predicted octanol–water partition coefficient (Wildman–Crippen LogP) is 9.89. The monoisotopic (exact) mass is 583 g/mol. The maximum Gasteiger partial charge on any atom is 0.303 e. The van der Waals surface area contributed by atoms with Gasteiger partial charge in [0.05, 0.1) is 23.7 Å². The summed E-state index contributed by atoms with van der Waals surface area (Å²) < 4.78 is 0. The van der Waals surface area contributed by atoms with Crippen molar-refractivity contribution >= 4 is 40.6 Å². The van der Waals surface area contributed by atoms with Gasteiger partial charge in [0.15, 0.2) is 0 Å². The minimum atomic E-state index is -0.698. The van der Waals surface area contributed by atoms with E-state index in [1.54, 1.807) is 0 Å². The molecule has 2 N–H and O–H groups in total. The van der Waals surface area contributed by atoms with Gasteiger partial charge in [0.2, 0.25) is 0 Å². The zero-order chi connectivity index (χ0) is 30.1. The zero-order valence-corrected chi connectivity index (χ0v) is 25.6. The Morgan fingerprint density at radius 1 is 0.976 bits per heavy atom. The number of hydrogen-bond acceptors (Lipinski definition) is 3. The SMILES string of the molecule is CC.CC(O)c1ccccc1CC[C@@H](CCC1(CC(=O)O)CC1)c1cccc(/C=C/c2ccc3ccc(Cl)cc3n2)c1. The van der Waals surface area contributed by atoms with E-state index in [2.05, 4.69) is 42.5 Å². The lowest BCUT2D eigenvalue weighted by molar-refractivity contribution is -0.138. The van der Waals surface area contributed by atoms with E-state index in [0.717, 1.165) is 66.2 Å². The topological polar surface area (TPSA) is 70.4 Å². The Morgan fingerprint density at radius 2 is 1.74 bits per heavy atom. The van der Waals surface area contributed by atoms with Crippen LogP contribution in [0.15, 0.2) is 78.9 Å². The van der Waals surface area contributed by atoms with Crippen LogP contribution in [0.2, 0.25) is 5.02 Å². The van der Waals surface area contributed by atoms with Crippen molar-refractivity contribution in [3.63, 3.8) is 0 Å². The number of aryl methyl sites for hydroxylation is 1. The number of rotatable bonds is 12. The van der Waals surface area contributed by atoms with Crippen molar-refractivity contribution in [1.82, 2.24) is 4.98 Å². The normalized spacial score (nSPS) is 15.2. The highest BCUT2D eigenvalue weighted by Gasteiger charge is 2.44. The molecule has 1 saturated carbocycles. The number of carbonyl (C=O) groups is 1. The minimum absolute atomic E-state index is 0.0379. The van der Waals surface area contributed by atoms with Crippen molar-refractivity contribution in [3.05, 3.63) is 112 Å². The highest BCUT2D eigenvalue weighted by Crippen LogP contribution is 2.53. The molecule has 3 aromatic carbocycles. The number of carboxylic acid groups (broad SMARTS) is 1. The van der Waals surface area contributed by atoms with Gasteiger partial charge >= 0.3 is 5.97 Å². The number of pyridine rings is 1. The van der Waals surface area contributed by atoms with Crippen LogP contribution in [0.4, 0.5) is 0 Å². The van der Waals surface area contributed by atoms with Crippen LogP contribution in [-0.4, -0.2) is 21.2 Å². The molecule has 1 aliphatic carbocycles. The maximum absolute atomic E-state index is 11.5. The summed E-state index contributed by atoms with van der Waals surface area (Å²) >= 11 is 6.16. The van der Waals surface area contributed by atoms with Crippen molar-refractivity contribution in [2.75, 3.05) is 0 Å². The first kappa shape index (κ1) is 31.5. The van der Waals surface area contributed by atoms with Crippen molar-refractivity contribution in [2.24, 2.45) is 5.41 Å². The van der Waals surface area contributed by atoms with E-state index in [1.807, 2.05) is 69.3 Å². The molecule has 0 bridgehead atoms. The largest absolute Gasteiger partial charge is 0.481 e. The standard InChI is InChI=1S/C35H36ClNO3.C2H6/c1-24(38)32-8-3-2-6-27(32)11-10-26(17-18-35(19-20-35)23-34(39)40)29-7-4-5-25(21-29)9-15-31-16-13-28-12-14-30(36)22-33(28)37-31;1-2/h2-9,12-16,21-22,24,26,38H,10-11,17-20,23H2,1H3,(H,39,40);1-2H3/b15-9+;/t24?,26-;/m0./s1. The van der Waals surface area contributed by atoms with Crippen molar-refractivity contribution in [1.29, 1.82) is 0 Å². The summed E-state index contributed by atoms with van der Waals surface area (Å²) in [5, 5.41) is 21.4. The van der Waals surface area contributed by atoms with Crippen LogP contribution in [-0.2, 0) is 11.2 Å². The van der Waals surface area contributed by atoms with Gasteiger partial charge in [0.25, 0.3) is 0 Å². The van der Waals surface area contributed by atoms with Crippen LogP contribution >= 0.6 is 11.6 Å². The number of halogens is 1. The molecule has 1 aromatic heterocycles. The second-order valence-corrected chi connectivity index (χ2v) is 11.7. The summed E-state index contributed by atoms with van der Waals surface area (Å²) in [6.07, 6.45) is 9.55. The fourth-order valence-electron chi connectivity index (χ4n) is 5.77. The summed E-state index contributed by atoms with van der Waals surface area (Å²) in [7, 11) is 0. The van der Waals surface area contributed by atoms with Gasteiger partial charge in [0, 0.05) is 10.4 Å².